The summed E-state index contributed by atoms with van der Waals surface area (Å²) in [4.78, 5) is 18.0. The van der Waals surface area contributed by atoms with Gasteiger partial charge in [0, 0.05) is 10.9 Å². The van der Waals surface area contributed by atoms with E-state index in [1.807, 2.05) is 54.6 Å². The monoisotopic (exact) mass is 394 g/mol. The first kappa shape index (κ1) is 19.8. The molecule has 4 rings (SSSR count). The second kappa shape index (κ2) is 8.91. The molecule has 0 aliphatic carbocycles. The Labute approximate surface area is 177 Å². The Kier molecular flexibility index (Phi) is 5.89. The van der Waals surface area contributed by atoms with Crippen molar-refractivity contribution in [3.63, 3.8) is 0 Å². The second-order valence-corrected chi connectivity index (χ2v) is 7.56. The maximum Gasteiger partial charge on any atom is 0.224 e. The van der Waals surface area contributed by atoms with Crippen LogP contribution in [0.4, 0.5) is 0 Å². The van der Waals surface area contributed by atoms with Crippen molar-refractivity contribution in [2.45, 2.75) is 32.7 Å². The highest BCUT2D eigenvalue weighted by atomic mass is 16.1. The maximum absolute atomic E-state index is 13.1. The first-order valence-corrected chi connectivity index (χ1v) is 10.4. The quantitative estimate of drug-likeness (QED) is 0.434. The molecule has 1 atom stereocenters. The average Bonchev–Trinajstić information content (AvgIpc) is 2.80. The summed E-state index contributed by atoms with van der Waals surface area (Å²) in [5.41, 5.74) is 6.16. The van der Waals surface area contributed by atoms with Gasteiger partial charge in [-0.1, -0.05) is 85.8 Å². The number of carbonyl (C=O) groups excluding carboxylic acids is 1. The fourth-order valence-corrected chi connectivity index (χ4v) is 3.99. The van der Waals surface area contributed by atoms with Crippen LogP contribution in [0, 0.1) is 6.92 Å². The highest BCUT2D eigenvalue weighted by Gasteiger charge is 2.18. The van der Waals surface area contributed by atoms with Crippen molar-refractivity contribution in [1.29, 1.82) is 0 Å². The molecule has 0 unspecified atom stereocenters. The van der Waals surface area contributed by atoms with Crippen molar-refractivity contribution in [1.82, 2.24) is 10.3 Å². The molecular weight excluding hydrogens is 368 g/mol. The molecule has 1 aromatic heterocycles. The Morgan fingerprint density at radius 3 is 2.23 bits per heavy atom. The van der Waals surface area contributed by atoms with Crippen LogP contribution in [0.5, 0.6) is 0 Å². The number of nitrogens with zero attached hydrogens (tertiary/aromatic N) is 1. The Bertz CT molecular complexity index is 1150. The van der Waals surface area contributed by atoms with Gasteiger partial charge in [-0.25, -0.2) is 4.98 Å². The van der Waals surface area contributed by atoms with Crippen LogP contribution in [-0.4, -0.2) is 10.9 Å². The van der Waals surface area contributed by atoms with E-state index in [2.05, 4.69) is 49.5 Å². The number of hydrogen-bond donors (Lipinski definition) is 1. The summed E-state index contributed by atoms with van der Waals surface area (Å²) in [5, 5.41) is 4.26. The summed E-state index contributed by atoms with van der Waals surface area (Å²) < 4.78 is 0. The molecule has 0 aliphatic heterocycles. The lowest BCUT2D eigenvalue weighted by molar-refractivity contribution is -0.121. The van der Waals surface area contributed by atoms with Crippen LogP contribution in [0.3, 0.4) is 0 Å². The maximum atomic E-state index is 13.1. The molecular formula is C27H26N2O. The topological polar surface area (TPSA) is 42.0 Å². The summed E-state index contributed by atoms with van der Waals surface area (Å²) in [6.07, 6.45) is 1.18. The minimum atomic E-state index is 0.0145. The van der Waals surface area contributed by atoms with Crippen LogP contribution in [0.1, 0.15) is 36.1 Å². The largest absolute Gasteiger partial charge is 0.349 e. The number of nitrogens with one attached hydrogen (secondary N) is 1. The molecule has 1 heterocycles. The zero-order valence-electron chi connectivity index (χ0n) is 17.4. The van der Waals surface area contributed by atoms with E-state index in [1.165, 1.54) is 0 Å². The number of amides is 1. The number of rotatable bonds is 6. The average molecular weight is 395 g/mol. The van der Waals surface area contributed by atoms with E-state index >= 15 is 0 Å². The first-order valence-electron chi connectivity index (χ1n) is 10.4. The molecule has 0 aliphatic rings. The Morgan fingerprint density at radius 1 is 0.900 bits per heavy atom. The van der Waals surface area contributed by atoms with Crippen LogP contribution in [-0.2, 0) is 11.2 Å². The highest BCUT2D eigenvalue weighted by molar-refractivity contribution is 5.92. The molecule has 0 spiro atoms. The predicted octanol–water partition coefficient (Wildman–Crippen LogP) is 6.02. The van der Waals surface area contributed by atoms with E-state index in [0.717, 1.165) is 45.3 Å². The van der Waals surface area contributed by atoms with E-state index < -0.39 is 0 Å². The van der Waals surface area contributed by atoms with E-state index in [-0.39, 0.29) is 11.9 Å². The molecule has 30 heavy (non-hydrogen) atoms. The summed E-state index contributed by atoms with van der Waals surface area (Å²) in [6.45, 7) is 4.16. The lowest BCUT2D eigenvalue weighted by Gasteiger charge is -2.19. The third kappa shape index (κ3) is 4.11. The van der Waals surface area contributed by atoms with E-state index in [9.17, 15) is 4.79 Å². The highest BCUT2D eigenvalue weighted by Crippen LogP contribution is 2.30. The predicted molar refractivity (Wildman–Crippen MR) is 123 cm³/mol. The van der Waals surface area contributed by atoms with E-state index in [4.69, 9.17) is 4.98 Å². The van der Waals surface area contributed by atoms with Crippen molar-refractivity contribution in [3.05, 3.63) is 102 Å². The lowest BCUT2D eigenvalue weighted by atomic mass is 9.95. The normalized spacial score (nSPS) is 11.9. The molecule has 0 saturated carbocycles. The Hall–Kier alpha value is -3.46. The van der Waals surface area contributed by atoms with Crippen molar-refractivity contribution in [2.75, 3.05) is 0 Å². The zero-order chi connectivity index (χ0) is 20.9. The number of carbonyl (C=O) groups is 1. The smallest absolute Gasteiger partial charge is 0.224 e. The fraction of sp³-hybridized carbons (Fsp3) is 0.185. The molecule has 150 valence electrons. The Morgan fingerprint density at radius 2 is 1.53 bits per heavy atom. The van der Waals surface area contributed by atoms with Gasteiger partial charge in [-0.15, -0.1) is 0 Å². The molecule has 1 N–H and O–H groups in total. The standard InChI is InChI=1S/C27H26N2O/c1-3-24(20-12-6-4-7-13-20)28-26(30)18-23-19(2)27(21-14-8-5-9-15-21)29-25-17-11-10-16-22(23)25/h4-17,24H,3,18H2,1-2H3,(H,28,30)/t24-/m1/s1. The van der Waals surface area contributed by atoms with Crippen LogP contribution in [0.15, 0.2) is 84.9 Å². The van der Waals surface area contributed by atoms with Gasteiger partial charge in [-0.3, -0.25) is 4.79 Å². The summed E-state index contributed by atoms with van der Waals surface area (Å²) in [6, 6.07) is 28.4. The molecule has 0 fully saturated rings. The third-order valence-electron chi connectivity index (χ3n) is 5.60. The fourth-order valence-electron chi connectivity index (χ4n) is 3.99. The number of benzene rings is 3. The van der Waals surface area contributed by atoms with Gasteiger partial charge in [-0.2, -0.15) is 0 Å². The number of aromatic nitrogens is 1. The second-order valence-electron chi connectivity index (χ2n) is 7.56. The lowest BCUT2D eigenvalue weighted by Crippen LogP contribution is -2.29. The molecule has 3 heteroatoms. The minimum Gasteiger partial charge on any atom is -0.349 e. The minimum absolute atomic E-state index is 0.0145. The van der Waals surface area contributed by atoms with Crippen molar-refractivity contribution in [2.24, 2.45) is 0 Å². The van der Waals surface area contributed by atoms with Crippen LogP contribution in [0.25, 0.3) is 22.2 Å². The number of fused-ring (bicyclic) bond motifs is 1. The van der Waals surface area contributed by atoms with Crippen molar-refractivity contribution in [3.8, 4) is 11.3 Å². The van der Waals surface area contributed by atoms with Gasteiger partial charge in [0.25, 0.3) is 0 Å². The molecule has 3 nitrogen and oxygen atoms in total. The van der Waals surface area contributed by atoms with Crippen molar-refractivity contribution < 1.29 is 4.79 Å². The molecule has 0 radical (unpaired) electrons. The van der Waals surface area contributed by atoms with Gasteiger partial charge >= 0.3 is 0 Å². The van der Waals surface area contributed by atoms with Gasteiger partial charge in [0.05, 0.1) is 23.7 Å². The van der Waals surface area contributed by atoms with Crippen LogP contribution < -0.4 is 5.32 Å². The number of hydrogen-bond acceptors (Lipinski definition) is 2. The summed E-state index contributed by atoms with van der Waals surface area (Å²) in [7, 11) is 0. The molecule has 0 bridgehead atoms. The molecule has 0 saturated heterocycles. The van der Waals surface area contributed by atoms with Gasteiger partial charge < -0.3 is 5.32 Å². The van der Waals surface area contributed by atoms with Gasteiger partial charge in [0.15, 0.2) is 0 Å². The van der Waals surface area contributed by atoms with Crippen LogP contribution in [0.2, 0.25) is 0 Å². The first-order chi connectivity index (χ1) is 14.7. The molecule has 4 aromatic rings. The zero-order valence-corrected chi connectivity index (χ0v) is 17.4. The molecule has 3 aromatic carbocycles. The van der Waals surface area contributed by atoms with Gasteiger partial charge in [-0.05, 0) is 36.1 Å². The SMILES string of the molecule is CC[C@@H](NC(=O)Cc1c(C)c(-c2ccccc2)nc2ccccc12)c1ccccc1. The Balaban J connectivity index is 1.69. The summed E-state index contributed by atoms with van der Waals surface area (Å²) in [5.74, 6) is 0.0316. The number of para-hydroxylation sites is 1. The van der Waals surface area contributed by atoms with Gasteiger partial charge in [0.1, 0.15) is 0 Å². The summed E-state index contributed by atoms with van der Waals surface area (Å²) >= 11 is 0. The van der Waals surface area contributed by atoms with Crippen LogP contribution >= 0.6 is 0 Å². The van der Waals surface area contributed by atoms with E-state index in [0.29, 0.717) is 6.42 Å². The number of pyridine rings is 1. The van der Waals surface area contributed by atoms with Gasteiger partial charge in [0.2, 0.25) is 5.91 Å². The van der Waals surface area contributed by atoms with E-state index in [1.54, 1.807) is 0 Å². The van der Waals surface area contributed by atoms with Crippen molar-refractivity contribution >= 4 is 16.8 Å². The molecule has 1 amide bonds. The third-order valence-corrected chi connectivity index (χ3v) is 5.60.